The number of hydrogen-bond donors (Lipinski definition) is 0. The van der Waals surface area contributed by atoms with Crippen LogP contribution in [0.15, 0.2) is 18.2 Å². The van der Waals surface area contributed by atoms with Gasteiger partial charge in [-0.25, -0.2) is 4.79 Å². The number of ether oxygens (including phenoxy) is 1. The molecule has 0 saturated heterocycles. The Morgan fingerprint density at radius 3 is 2.77 bits per heavy atom. The van der Waals surface area contributed by atoms with Crippen molar-refractivity contribution >= 4 is 29.2 Å². The van der Waals surface area contributed by atoms with Crippen LogP contribution in [0.5, 0.6) is 0 Å². The maximum absolute atomic E-state index is 11.3. The second-order valence-electron chi connectivity index (χ2n) is 2.34. The van der Waals surface area contributed by atoms with Crippen molar-refractivity contribution < 1.29 is 9.53 Å². The van der Waals surface area contributed by atoms with Gasteiger partial charge < -0.3 is 4.74 Å². The van der Waals surface area contributed by atoms with Gasteiger partial charge in [0.15, 0.2) is 0 Å². The van der Waals surface area contributed by atoms with Gasteiger partial charge in [0.25, 0.3) is 0 Å². The molecule has 0 N–H and O–H groups in total. The molecule has 0 aliphatic rings. The third-order valence-electron chi connectivity index (χ3n) is 1.42. The summed E-state index contributed by atoms with van der Waals surface area (Å²) in [5.41, 5.74) is 0.302. The maximum Gasteiger partial charge on any atom is 0.339 e. The van der Waals surface area contributed by atoms with Gasteiger partial charge in [-0.05, 0) is 25.1 Å². The van der Waals surface area contributed by atoms with E-state index in [1.807, 2.05) is 0 Å². The highest BCUT2D eigenvalue weighted by Crippen LogP contribution is 2.21. The van der Waals surface area contributed by atoms with Crippen molar-refractivity contribution in [3.63, 3.8) is 0 Å². The summed E-state index contributed by atoms with van der Waals surface area (Å²) in [5, 5.41) is 0.815. The van der Waals surface area contributed by atoms with Crippen LogP contribution >= 0.6 is 23.2 Å². The number of halogens is 2. The summed E-state index contributed by atoms with van der Waals surface area (Å²) < 4.78 is 4.78. The standard InChI is InChI=1S/C9H8Cl2O2/c1-2-13-9(12)7-5-6(10)3-4-8(7)11/h3-5H,2H2,1H3. The largest absolute Gasteiger partial charge is 0.462 e. The molecule has 0 heterocycles. The smallest absolute Gasteiger partial charge is 0.339 e. The first-order valence-electron chi connectivity index (χ1n) is 3.77. The second-order valence-corrected chi connectivity index (χ2v) is 3.19. The Hall–Kier alpha value is -0.730. The van der Waals surface area contributed by atoms with E-state index in [4.69, 9.17) is 27.9 Å². The topological polar surface area (TPSA) is 26.3 Å². The number of hydrogen-bond acceptors (Lipinski definition) is 2. The van der Waals surface area contributed by atoms with Crippen molar-refractivity contribution in [2.45, 2.75) is 6.92 Å². The van der Waals surface area contributed by atoms with E-state index in [1.54, 1.807) is 19.1 Å². The summed E-state index contributed by atoms with van der Waals surface area (Å²) in [7, 11) is 0. The van der Waals surface area contributed by atoms with E-state index in [-0.39, 0.29) is 0 Å². The predicted molar refractivity (Wildman–Crippen MR) is 52.4 cm³/mol. The highest BCUT2D eigenvalue weighted by molar-refractivity contribution is 6.35. The minimum atomic E-state index is -0.449. The van der Waals surface area contributed by atoms with Gasteiger partial charge in [-0.15, -0.1) is 0 Å². The Morgan fingerprint density at radius 2 is 2.15 bits per heavy atom. The normalized spacial score (nSPS) is 9.77. The van der Waals surface area contributed by atoms with Crippen LogP contribution in [0.3, 0.4) is 0 Å². The fourth-order valence-electron chi connectivity index (χ4n) is 0.863. The van der Waals surface area contributed by atoms with Gasteiger partial charge in [0.2, 0.25) is 0 Å². The van der Waals surface area contributed by atoms with Crippen LogP contribution in [0.25, 0.3) is 0 Å². The molecular formula is C9H8Cl2O2. The van der Waals surface area contributed by atoms with E-state index in [0.29, 0.717) is 22.2 Å². The first-order chi connectivity index (χ1) is 6.15. The molecule has 0 aliphatic heterocycles. The summed E-state index contributed by atoms with van der Waals surface area (Å²) in [5.74, 6) is -0.449. The van der Waals surface area contributed by atoms with Crippen molar-refractivity contribution in [1.29, 1.82) is 0 Å². The monoisotopic (exact) mass is 218 g/mol. The molecule has 13 heavy (non-hydrogen) atoms. The molecule has 0 fully saturated rings. The molecule has 0 radical (unpaired) electrons. The highest BCUT2D eigenvalue weighted by Gasteiger charge is 2.11. The fourth-order valence-corrected chi connectivity index (χ4v) is 1.23. The van der Waals surface area contributed by atoms with Crippen molar-refractivity contribution in [2.75, 3.05) is 6.61 Å². The molecule has 4 heteroatoms. The van der Waals surface area contributed by atoms with Gasteiger partial charge in [-0.2, -0.15) is 0 Å². The highest BCUT2D eigenvalue weighted by atomic mass is 35.5. The molecule has 0 unspecified atom stereocenters. The van der Waals surface area contributed by atoms with Crippen LogP contribution in [-0.2, 0) is 4.74 Å². The third kappa shape index (κ3) is 2.61. The SMILES string of the molecule is CCOC(=O)c1cc(Cl)ccc1Cl. The zero-order valence-corrected chi connectivity index (χ0v) is 8.52. The Bertz CT molecular complexity index is 323. The quantitative estimate of drug-likeness (QED) is 0.714. The first kappa shape index (κ1) is 10.4. The molecule has 0 spiro atoms. The Balaban J connectivity index is 2.99. The molecule has 0 bridgehead atoms. The summed E-state index contributed by atoms with van der Waals surface area (Å²) in [6.07, 6.45) is 0. The second kappa shape index (κ2) is 4.49. The molecular weight excluding hydrogens is 211 g/mol. The summed E-state index contributed by atoms with van der Waals surface area (Å²) in [6.45, 7) is 2.05. The lowest BCUT2D eigenvalue weighted by Gasteiger charge is -2.03. The third-order valence-corrected chi connectivity index (χ3v) is 1.99. The van der Waals surface area contributed by atoms with Crippen LogP contribution in [0, 0.1) is 0 Å². The molecule has 0 saturated carbocycles. The van der Waals surface area contributed by atoms with Crippen LogP contribution in [0.1, 0.15) is 17.3 Å². The maximum atomic E-state index is 11.3. The van der Waals surface area contributed by atoms with Crippen molar-refractivity contribution in [1.82, 2.24) is 0 Å². The molecule has 0 aliphatic carbocycles. The number of benzene rings is 1. The van der Waals surface area contributed by atoms with Gasteiger partial charge in [-0.3, -0.25) is 0 Å². The van der Waals surface area contributed by atoms with Gasteiger partial charge in [-0.1, -0.05) is 23.2 Å². The van der Waals surface area contributed by atoms with E-state index in [2.05, 4.69) is 0 Å². The van der Waals surface area contributed by atoms with E-state index < -0.39 is 5.97 Å². The predicted octanol–water partition coefficient (Wildman–Crippen LogP) is 3.17. The number of esters is 1. The van der Waals surface area contributed by atoms with Gasteiger partial charge in [0.1, 0.15) is 0 Å². The first-order valence-corrected chi connectivity index (χ1v) is 4.53. The van der Waals surface area contributed by atoms with Crippen molar-refractivity contribution in [3.05, 3.63) is 33.8 Å². The lowest BCUT2D eigenvalue weighted by Crippen LogP contribution is -2.05. The summed E-state index contributed by atoms with van der Waals surface area (Å²) in [6, 6.07) is 4.67. The average molecular weight is 219 g/mol. The van der Waals surface area contributed by atoms with E-state index in [9.17, 15) is 4.79 Å². The Morgan fingerprint density at radius 1 is 1.46 bits per heavy atom. The fraction of sp³-hybridized carbons (Fsp3) is 0.222. The summed E-state index contributed by atoms with van der Waals surface area (Å²) in [4.78, 5) is 11.3. The van der Waals surface area contributed by atoms with E-state index >= 15 is 0 Å². The van der Waals surface area contributed by atoms with E-state index in [0.717, 1.165) is 0 Å². The molecule has 1 rings (SSSR count). The van der Waals surface area contributed by atoms with Gasteiger partial charge in [0, 0.05) is 5.02 Å². The molecule has 2 nitrogen and oxygen atoms in total. The molecule has 1 aromatic rings. The molecule has 70 valence electrons. The average Bonchev–Trinajstić information content (AvgIpc) is 2.09. The van der Waals surface area contributed by atoms with Crippen molar-refractivity contribution in [3.8, 4) is 0 Å². The van der Waals surface area contributed by atoms with Gasteiger partial charge >= 0.3 is 5.97 Å². The molecule has 0 aromatic heterocycles. The minimum absolute atomic E-state index is 0.302. The summed E-state index contributed by atoms with van der Waals surface area (Å²) >= 11 is 11.5. The number of rotatable bonds is 2. The zero-order chi connectivity index (χ0) is 9.84. The number of carbonyl (C=O) groups is 1. The van der Waals surface area contributed by atoms with E-state index in [1.165, 1.54) is 6.07 Å². The lowest BCUT2D eigenvalue weighted by atomic mass is 10.2. The lowest BCUT2D eigenvalue weighted by molar-refractivity contribution is 0.0526. The molecule has 0 atom stereocenters. The van der Waals surface area contributed by atoms with Crippen LogP contribution < -0.4 is 0 Å². The van der Waals surface area contributed by atoms with Crippen molar-refractivity contribution in [2.24, 2.45) is 0 Å². The minimum Gasteiger partial charge on any atom is -0.462 e. The van der Waals surface area contributed by atoms with Crippen LogP contribution in [-0.4, -0.2) is 12.6 Å². The molecule has 1 aromatic carbocycles. The Labute approximate surface area is 86.4 Å². The zero-order valence-electron chi connectivity index (χ0n) is 7.01. The van der Waals surface area contributed by atoms with Gasteiger partial charge in [0.05, 0.1) is 17.2 Å². The Kier molecular flexibility index (Phi) is 3.58. The van der Waals surface area contributed by atoms with Crippen LogP contribution in [0.4, 0.5) is 0 Å². The number of carbonyl (C=O) groups excluding carboxylic acids is 1. The van der Waals surface area contributed by atoms with Crippen LogP contribution in [0.2, 0.25) is 10.0 Å². The molecule has 0 amide bonds.